The number of pyridine rings is 1. The molecule has 0 amide bonds. The molecule has 0 saturated heterocycles. The predicted octanol–water partition coefficient (Wildman–Crippen LogP) is 5.10. The highest BCUT2D eigenvalue weighted by Gasteiger charge is 2.35. The highest BCUT2D eigenvalue weighted by atomic mass is 19.4. The van der Waals surface area contributed by atoms with Crippen LogP contribution in [0.3, 0.4) is 0 Å². The van der Waals surface area contributed by atoms with Crippen LogP contribution in [0.25, 0.3) is 4.85 Å². The number of rotatable bonds is 6. The third-order valence-corrected chi connectivity index (χ3v) is 3.41. The van der Waals surface area contributed by atoms with E-state index in [0.29, 0.717) is 11.8 Å². The maximum atomic E-state index is 13.1. The molecule has 1 heterocycles. The van der Waals surface area contributed by atoms with Crippen molar-refractivity contribution in [3.8, 4) is 5.75 Å². The summed E-state index contributed by atoms with van der Waals surface area (Å²) in [7, 11) is 0. The second-order valence-corrected chi connectivity index (χ2v) is 5.38. The van der Waals surface area contributed by atoms with Gasteiger partial charge in [-0.05, 0) is 24.3 Å². The van der Waals surface area contributed by atoms with Crippen molar-refractivity contribution in [2.75, 3.05) is 24.6 Å². The monoisotopic (exact) mass is 389 g/mol. The van der Waals surface area contributed by atoms with Gasteiger partial charge in [-0.1, -0.05) is 6.07 Å². The van der Waals surface area contributed by atoms with E-state index in [1.165, 1.54) is 12.4 Å². The Balaban J connectivity index is 2.24. The van der Waals surface area contributed by atoms with Crippen LogP contribution in [0.15, 0.2) is 42.7 Å². The van der Waals surface area contributed by atoms with E-state index in [0.717, 1.165) is 17.0 Å². The van der Waals surface area contributed by atoms with Crippen molar-refractivity contribution in [3.63, 3.8) is 0 Å². The SMILES string of the molecule is [C-]#[N+]c1ccc(N(CCOc2cccnc2)CC(F)(F)F)cc1C(F)(F)F. The molecule has 2 aromatic rings. The molecule has 0 radical (unpaired) electrons. The quantitative estimate of drug-likeness (QED) is 0.509. The predicted molar refractivity (Wildman–Crippen MR) is 85.7 cm³/mol. The first-order chi connectivity index (χ1) is 12.6. The molecule has 27 heavy (non-hydrogen) atoms. The molecule has 2 rings (SSSR count). The molecule has 1 aromatic heterocycles. The third kappa shape index (κ3) is 6.06. The first kappa shape index (κ1) is 20.4. The van der Waals surface area contributed by atoms with Crippen molar-refractivity contribution in [2.24, 2.45) is 0 Å². The van der Waals surface area contributed by atoms with Crippen LogP contribution in [-0.2, 0) is 6.18 Å². The van der Waals surface area contributed by atoms with Crippen molar-refractivity contribution in [3.05, 3.63) is 59.7 Å². The highest BCUT2D eigenvalue weighted by Crippen LogP contribution is 2.39. The molecule has 0 saturated carbocycles. The van der Waals surface area contributed by atoms with Gasteiger partial charge in [-0.15, -0.1) is 0 Å². The number of anilines is 1. The van der Waals surface area contributed by atoms with Crippen LogP contribution < -0.4 is 9.64 Å². The van der Waals surface area contributed by atoms with Crippen LogP contribution in [0.1, 0.15) is 5.56 Å². The van der Waals surface area contributed by atoms with Crippen LogP contribution in [0.4, 0.5) is 37.7 Å². The maximum absolute atomic E-state index is 13.1. The minimum atomic E-state index is -4.86. The van der Waals surface area contributed by atoms with Gasteiger partial charge in [-0.25, -0.2) is 4.85 Å². The molecule has 0 unspecified atom stereocenters. The van der Waals surface area contributed by atoms with Crippen molar-refractivity contribution >= 4 is 11.4 Å². The van der Waals surface area contributed by atoms with E-state index in [2.05, 4.69) is 9.83 Å². The highest BCUT2D eigenvalue weighted by molar-refractivity contribution is 5.62. The second-order valence-electron chi connectivity index (χ2n) is 5.38. The van der Waals surface area contributed by atoms with E-state index in [4.69, 9.17) is 11.3 Å². The standard InChI is InChI=1S/C17H13F6N3O/c1-24-15-5-4-12(9-14(15)17(21,22)23)26(11-16(18,19)20)7-8-27-13-3-2-6-25-10-13/h2-6,9-10H,7-8,11H2. The molecule has 0 bridgehead atoms. The molecule has 0 aliphatic heterocycles. The van der Waals surface area contributed by atoms with Gasteiger partial charge in [0.2, 0.25) is 0 Å². The number of hydrogen-bond acceptors (Lipinski definition) is 3. The molecule has 4 nitrogen and oxygen atoms in total. The van der Waals surface area contributed by atoms with Crippen molar-refractivity contribution in [1.82, 2.24) is 4.98 Å². The second kappa shape index (κ2) is 8.16. The van der Waals surface area contributed by atoms with Crippen molar-refractivity contribution in [1.29, 1.82) is 0 Å². The normalized spacial score (nSPS) is 11.7. The fourth-order valence-corrected chi connectivity index (χ4v) is 2.27. The van der Waals surface area contributed by atoms with Gasteiger partial charge in [0.05, 0.1) is 24.9 Å². The van der Waals surface area contributed by atoms with Crippen LogP contribution in [0.2, 0.25) is 0 Å². The molecule has 1 aromatic carbocycles. The summed E-state index contributed by atoms with van der Waals surface area (Å²) in [5.41, 5.74) is -2.26. The van der Waals surface area contributed by atoms with Crippen molar-refractivity contribution in [2.45, 2.75) is 12.4 Å². The maximum Gasteiger partial charge on any atom is 0.407 e. The molecule has 0 atom stereocenters. The number of ether oxygens (including phenoxy) is 1. The van der Waals surface area contributed by atoms with E-state index < -0.39 is 30.1 Å². The summed E-state index contributed by atoms with van der Waals surface area (Å²) in [6.45, 7) is 4.82. The zero-order valence-electron chi connectivity index (χ0n) is 13.7. The summed E-state index contributed by atoms with van der Waals surface area (Å²) in [5.74, 6) is 0.323. The van der Waals surface area contributed by atoms with E-state index in [1.807, 2.05) is 0 Å². The number of halogens is 6. The molecular weight excluding hydrogens is 376 g/mol. The van der Waals surface area contributed by atoms with Gasteiger partial charge in [0, 0.05) is 11.9 Å². The van der Waals surface area contributed by atoms with E-state index in [1.54, 1.807) is 12.1 Å². The zero-order chi connectivity index (χ0) is 20.1. The molecular formula is C17H13F6N3O. The lowest BCUT2D eigenvalue weighted by Crippen LogP contribution is -2.37. The largest absolute Gasteiger partial charge is 0.490 e. The summed E-state index contributed by atoms with van der Waals surface area (Å²) in [5, 5.41) is 0. The summed E-state index contributed by atoms with van der Waals surface area (Å²) in [6.07, 6.45) is -6.64. The minimum Gasteiger partial charge on any atom is -0.490 e. The molecule has 0 aliphatic carbocycles. The van der Waals surface area contributed by atoms with Gasteiger partial charge in [0.25, 0.3) is 0 Å². The number of alkyl halides is 6. The Kier molecular flexibility index (Phi) is 6.15. The zero-order valence-corrected chi connectivity index (χ0v) is 13.7. The summed E-state index contributed by atoms with van der Waals surface area (Å²) >= 11 is 0. The summed E-state index contributed by atoms with van der Waals surface area (Å²) < 4.78 is 83.1. The van der Waals surface area contributed by atoms with Gasteiger partial charge in [0.15, 0.2) is 5.69 Å². The average molecular weight is 389 g/mol. The van der Waals surface area contributed by atoms with Gasteiger partial charge in [-0.2, -0.15) is 26.3 Å². The minimum absolute atomic E-state index is 0.201. The van der Waals surface area contributed by atoms with Crippen molar-refractivity contribution < 1.29 is 31.1 Å². The molecule has 0 aliphatic rings. The molecule has 144 valence electrons. The molecule has 0 N–H and O–H groups in total. The first-order valence-electron chi connectivity index (χ1n) is 7.53. The lowest BCUT2D eigenvalue weighted by atomic mass is 10.1. The van der Waals surface area contributed by atoms with E-state index >= 15 is 0 Å². The Morgan fingerprint density at radius 3 is 2.41 bits per heavy atom. The Labute approximate surface area is 150 Å². The van der Waals surface area contributed by atoms with Gasteiger partial charge >= 0.3 is 12.4 Å². The smallest absolute Gasteiger partial charge is 0.407 e. The van der Waals surface area contributed by atoms with Gasteiger partial charge in [-0.3, -0.25) is 4.98 Å². The van der Waals surface area contributed by atoms with Crippen LogP contribution in [-0.4, -0.2) is 30.9 Å². The Bertz CT molecular complexity index is 799. The Morgan fingerprint density at radius 1 is 1.11 bits per heavy atom. The summed E-state index contributed by atoms with van der Waals surface area (Å²) in [4.78, 5) is 7.28. The molecule has 0 spiro atoms. The summed E-state index contributed by atoms with van der Waals surface area (Å²) in [6, 6.07) is 5.58. The Hall–Kier alpha value is -2.96. The van der Waals surface area contributed by atoms with Gasteiger partial charge < -0.3 is 9.64 Å². The third-order valence-electron chi connectivity index (χ3n) is 3.41. The number of benzene rings is 1. The van der Waals surface area contributed by atoms with Crippen LogP contribution in [0.5, 0.6) is 5.75 Å². The number of aromatic nitrogens is 1. The topological polar surface area (TPSA) is 29.7 Å². The van der Waals surface area contributed by atoms with Crippen LogP contribution >= 0.6 is 0 Å². The lowest BCUT2D eigenvalue weighted by Gasteiger charge is -2.27. The fraction of sp³-hybridized carbons (Fsp3) is 0.294. The van der Waals surface area contributed by atoms with Gasteiger partial charge in [0.1, 0.15) is 18.9 Å². The average Bonchev–Trinajstić information content (AvgIpc) is 2.59. The Morgan fingerprint density at radius 2 is 1.85 bits per heavy atom. The molecule has 10 heteroatoms. The van der Waals surface area contributed by atoms with E-state index in [9.17, 15) is 26.3 Å². The first-order valence-corrected chi connectivity index (χ1v) is 7.53. The number of nitrogens with zero attached hydrogens (tertiary/aromatic N) is 3. The molecule has 0 fully saturated rings. The fourth-order valence-electron chi connectivity index (χ4n) is 2.27. The van der Waals surface area contributed by atoms with E-state index in [-0.39, 0.29) is 18.8 Å². The lowest BCUT2D eigenvalue weighted by molar-refractivity contribution is -0.136. The van der Waals surface area contributed by atoms with Crippen LogP contribution in [0, 0.1) is 6.57 Å². The number of hydrogen-bond donors (Lipinski definition) is 0.